The Bertz CT molecular complexity index is 420. The van der Waals surface area contributed by atoms with Gasteiger partial charge in [-0.15, -0.1) is 0 Å². The number of aromatic nitrogens is 2. The van der Waals surface area contributed by atoms with Gasteiger partial charge in [-0.25, -0.2) is 9.97 Å². The predicted octanol–water partition coefficient (Wildman–Crippen LogP) is 2.21. The Kier molecular flexibility index (Phi) is 2.63. The van der Waals surface area contributed by atoms with E-state index in [0.29, 0.717) is 0 Å². The van der Waals surface area contributed by atoms with Crippen LogP contribution in [0.2, 0.25) is 0 Å². The molecule has 1 aromatic carbocycles. The van der Waals surface area contributed by atoms with Crippen LogP contribution in [0.1, 0.15) is 0 Å². The second-order valence-corrected chi connectivity index (χ2v) is 3.53. The van der Waals surface area contributed by atoms with E-state index in [1.54, 1.807) is 0 Å². The summed E-state index contributed by atoms with van der Waals surface area (Å²) in [5.41, 5.74) is 2.05. The molecule has 0 aliphatic rings. The molecule has 0 unspecified atom stereocenters. The Balaban J connectivity index is 2.32. The molecule has 0 saturated heterocycles. The first-order valence-corrected chi connectivity index (χ1v) is 4.82. The van der Waals surface area contributed by atoms with E-state index in [0.717, 1.165) is 17.1 Å². The average molecular weight is 199 g/mol. The van der Waals surface area contributed by atoms with Crippen molar-refractivity contribution < 1.29 is 0 Å². The largest absolute Gasteiger partial charge is 0.375 e. The highest BCUT2D eigenvalue weighted by atomic mass is 15.1. The molecule has 0 aliphatic heterocycles. The number of hydrogen-bond acceptors (Lipinski definition) is 3. The molecule has 2 rings (SSSR count). The monoisotopic (exact) mass is 199 g/mol. The summed E-state index contributed by atoms with van der Waals surface area (Å²) < 4.78 is 0. The van der Waals surface area contributed by atoms with Gasteiger partial charge < -0.3 is 4.90 Å². The zero-order chi connectivity index (χ0) is 10.7. The van der Waals surface area contributed by atoms with Crippen LogP contribution in [0, 0.1) is 0 Å². The molecular formula is C12H13N3. The van der Waals surface area contributed by atoms with Crippen molar-refractivity contribution in [2.24, 2.45) is 0 Å². The van der Waals surface area contributed by atoms with E-state index in [9.17, 15) is 0 Å². The van der Waals surface area contributed by atoms with Crippen molar-refractivity contribution in [2.75, 3.05) is 19.0 Å². The van der Waals surface area contributed by atoms with Gasteiger partial charge in [0.25, 0.3) is 0 Å². The van der Waals surface area contributed by atoms with Crippen molar-refractivity contribution >= 4 is 5.69 Å². The molecule has 0 atom stereocenters. The maximum absolute atomic E-state index is 4.32. The number of anilines is 1. The summed E-state index contributed by atoms with van der Waals surface area (Å²) in [6, 6.07) is 9.96. The van der Waals surface area contributed by atoms with Crippen molar-refractivity contribution in [3.63, 3.8) is 0 Å². The van der Waals surface area contributed by atoms with E-state index in [2.05, 4.69) is 9.97 Å². The second-order valence-electron chi connectivity index (χ2n) is 3.53. The summed E-state index contributed by atoms with van der Waals surface area (Å²) in [5.74, 6) is 0.765. The maximum Gasteiger partial charge on any atom is 0.159 e. The lowest BCUT2D eigenvalue weighted by Gasteiger charge is -2.10. The van der Waals surface area contributed by atoms with Crippen LogP contribution in [-0.4, -0.2) is 24.1 Å². The van der Waals surface area contributed by atoms with Gasteiger partial charge in [-0.3, -0.25) is 0 Å². The van der Waals surface area contributed by atoms with Crippen molar-refractivity contribution in [1.82, 2.24) is 9.97 Å². The Morgan fingerprint density at radius 3 is 2.07 bits per heavy atom. The van der Waals surface area contributed by atoms with Gasteiger partial charge in [0.05, 0.1) is 18.1 Å². The van der Waals surface area contributed by atoms with Crippen LogP contribution < -0.4 is 4.90 Å². The average Bonchev–Trinajstić information content (AvgIpc) is 2.30. The van der Waals surface area contributed by atoms with Crippen LogP contribution in [0.25, 0.3) is 11.4 Å². The fraction of sp³-hybridized carbons (Fsp3) is 0.167. The van der Waals surface area contributed by atoms with Crippen LogP contribution >= 0.6 is 0 Å². The van der Waals surface area contributed by atoms with Gasteiger partial charge in [0.2, 0.25) is 0 Å². The number of hydrogen-bond donors (Lipinski definition) is 0. The standard InChI is InChI=1S/C12H13N3/c1-15(2)11-8-13-12(14-9-11)10-6-4-3-5-7-10/h3-9H,1-2H3. The molecule has 3 heteroatoms. The minimum absolute atomic E-state index is 0.765. The Labute approximate surface area is 89.4 Å². The molecule has 0 spiro atoms. The third-order valence-corrected chi connectivity index (χ3v) is 2.19. The molecule has 0 radical (unpaired) electrons. The Hall–Kier alpha value is -1.90. The highest BCUT2D eigenvalue weighted by Gasteiger charge is 2.00. The van der Waals surface area contributed by atoms with Gasteiger partial charge in [-0.1, -0.05) is 30.3 Å². The highest BCUT2D eigenvalue weighted by Crippen LogP contribution is 2.15. The minimum atomic E-state index is 0.765. The third kappa shape index (κ3) is 2.13. The summed E-state index contributed by atoms with van der Waals surface area (Å²) in [7, 11) is 3.95. The molecule has 0 amide bonds. The minimum Gasteiger partial charge on any atom is -0.375 e. The maximum atomic E-state index is 4.32. The van der Waals surface area contributed by atoms with Gasteiger partial charge in [0.1, 0.15) is 0 Å². The van der Waals surface area contributed by atoms with Gasteiger partial charge in [-0.2, -0.15) is 0 Å². The molecular weight excluding hydrogens is 186 g/mol. The molecule has 0 bridgehead atoms. The van der Waals surface area contributed by atoms with Crippen LogP contribution in [0.4, 0.5) is 5.69 Å². The molecule has 0 aliphatic carbocycles. The molecule has 1 aromatic heterocycles. The Morgan fingerprint density at radius 2 is 1.53 bits per heavy atom. The molecule has 1 heterocycles. The van der Waals surface area contributed by atoms with E-state index in [4.69, 9.17) is 0 Å². The third-order valence-electron chi connectivity index (χ3n) is 2.19. The second kappa shape index (κ2) is 4.09. The van der Waals surface area contributed by atoms with Gasteiger partial charge >= 0.3 is 0 Å². The molecule has 0 fully saturated rings. The lowest BCUT2D eigenvalue weighted by atomic mass is 10.2. The predicted molar refractivity (Wildman–Crippen MR) is 61.8 cm³/mol. The first-order valence-electron chi connectivity index (χ1n) is 4.82. The molecule has 15 heavy (non-hydrogen) atoms. The lowest BCUT2D eigenvalue weighted by Crippen LogP contribution is -2.09. The van der Waals surface area contributed by atoms with Crippen LogP contribution in [0.15, 0.2) is 42.7 Å². The quantitative estimate of drug-likeness (QED) is 0.742. The molecule has 0 N–H and O–H groups in total. The lowest BCUT2D eigenvalue weighted by molar-refractivity contribution is 1.07. The summed E-state index contributed by atoms with van der Waals surface area (Å²) in [6.07, 6.45) is 3.66. The van der Waals surface area contributed by atoms with Gasteiger partial charge in [-0.05, 0) is 0 Å². The SMILES string of the molecule is CN(C)c1cnc(-c2ccccc2)nc1. The van der Waals surface area contributed by atoms with Crippen molar-refractivity contribution in [3.05, 3.63) is 42.7 Å². The van der Waals surface area contributed by atoms with E-state index < -0.39 is 0 Å². The topological polar surface area (TPSA) is 29.0 Å². The molecule has 76 valence electrons. The number of nitrogens with zero attached hydrogens (tertiary/aromatic N) is 3. The van der Waals surface area contributed by atoms with Crippen LogP contribution in [0.5, 0.6) is 0 Å². The summed E-state index contributed by atoms with van der Waals surface area (Å²) in [6.45, 7) is 0. The highest BCUT2D eigenvalue weighted by molar-refractivity contribution is 5.55. The molecule has 2 aromatic rings. The van der Waals surface area contributed by atoms with E-state index in [-0.39, 0.29) is 0 Å². The summed E-state index contributed by atoms with van der Waals surface area (Å²) in [5, 5.41) is 0. The van der Waals surface area contributed by atoms with Crippen LogP contribution in [-0.2, 0) is 0 Å². The first-order chi connectivity index (χ1) is 7.27. The van der Waals surface area contributed by atoms with Crippen LogP contribution in [0.3, 0.4) is 0 Å². The van der Waals surface area contributed by atoms with E-state index in [1.165, 1.54) is 0 Å². The normalized spacial score (nSPS) is 10.0. The Morgan fingerprint density at radius 1 is 0.933 bits per heavy atom. The van der Waals surface area contributed by atoms with Crippen molar-refractivity contribution in [2.45, 2.75) is 0 Å². The van der Waals surface area contributed by atoms with Crippen molar-refractivity contribution in [3.8, 4) is 11.4 Å². The fourth-order valence-electron chi connectivity index (χ4n) is 1.29. The van der Waals surface area contributed by atoms with Gasteiger partial charge in [0.15, 0.2) is 5.82 Å². The van der Waals surface area contributed by atoms with E-state index in [1.807, 2.05) is 61.7 Å². The first kappa shape index (κ1) is 9.65. The van der Waals surface area contributed by atoms with Crippen molar-refractivity contribution in [1.29, 1.82) is 0 Å². The zero-order valence-electron chi connectivity index (χ0n) is 8.88. The smallest absolute Gasteiger partial charge is 0.159 e. The summed E-state index contributed by atoms with van der Waals surface area (Å²) >= 11 is 0. The number of rotatable bonds is 2. The molecule has 3 nitrogen and oxygen atoms in total. The fourth-order valence-corrected chi connectivity index (χ4v) is 1.29. The summed E-state index contributed by atoms with van der Waals surface area (Å²) in [4.78, 5) is 10.6. The number of benzene rings is 1. The van der Waals surface area contributed by atoms with Gasteiger partial charge in [0, 0.05) is 19.7 Å². The van der Waals surface area contributed by atoms with E-state index >= 15 is 0 Å². The zero-order valence-corrected chi connectivity index (χ0v) is 8.88. The molecule has 0 saturated carbocycles.